The third-order valence-electron chi connectivity index (χ3n) is 2.49. The van der Waals surface area contributed by atoms with Gasteiger partial charge in [-0.1, -0.05) is 6.07 Å². The summed E-state index contributed by atoms with van der Waals surface area (Å²) in [6, 6.07) is 7.14. The third kappa shape index (κ3) is 3.54. The van der Waals surface area contributed by atoms with Gasteiger partial charge in [0.2, 0.25) is 0 Å². The maximum absolute atomic E-state index is 13.6. The van der Waals surface area contributed by atoms with Crippen molar-refractivity contribution < 1.29 is 9.13 Å². The second-order valence-corrected chi connectivity index (χ2v) is 3.97. The number of aromatic nitrogens is 2. The molecular formula is C13H15FN4O. The van der Waals surface area contributed by atoms with Crippen molar-refractivity contribution in [2.75, 3.05) is 24.2 Å². The second kappa shape index (κ2) is 5.99. The minimum absolute atomic E-state index is 0.184. The SMILES string of the molecule is Cc1ncnc(NCCOc2cccc(N)c2)c1F. The molecule has 2 rings (SSSR count). The van der Waals surface area contributed by atoms with Crippen LogP contribution in [0.5, 0.6) is 5.75 Å². The Labute approximate surface area is 110 Å². The lowest BCUT2D eigenvalue weighted by molar-refractivity contribution is 0.332. The first kappa shape index (κ1) is 13.1. The summed E-state index contributed by atoms with van der Waals surface area (Å²) in [5, 5.41) is 2.86. The minimum Gasteiger partial charge on any atom is -0.492 e. The predicted molar refractivity (Wildman–Crippen MR) is 71.6 cm³/mol. The first-order valence-corrected chi connectivity index (χ1v) is 5.86. The highest BCUT2D eigenvalue weighted by Gasteiger charge is 2.06. The summed E-state index contributed by atoms with van der Waals surface area (Å²) in [6.07, 6.45) is 1.32. The Hall–Kier alpha value is -2.37. The fourth-order valence-electron chi connectivity index (χ4n) is 1.52. The number of aryl methyl sites for hydroxylation is 1. The first-order chi connectivity index (χ1) is 9.16. The Balaban J connectivity index is 1.82. The van der Waals surface area contributed by atoms with E-state index < -0.39 is 5.82 Å². The van der Waals surface area contributed by atoms with Gasteiger partial charge in [0, 0.05) is 11.8 Å². The number of rotatable bonds is 5. The number of nitrogen functional groups attached to an aromatic ring is 1. The zero-order valence-corrected chi connectivity index (χ0v) is 10.6. The molecule has 1 heterocycles. The first-order valence-electron chi connectivity index (χ1n) is 5.86. The van der Waals surface area contributed by atoms with Crippen LogP contribution in [-0.2, 0) is 0 Å². The van der Waals surface area contributed by atoms with Crippen molar-refractivity contribution in [3.8, 4) is 5.75 Å². The van der Waals surface area contributed by atoms with Gasteiger partial charge in [-0.15, -0.1) is 0 Å². The van der Waals surface area contributed by atoms with E-state index in [9.17, 15) is 4.39 Å². The third-order valence-corrected chi connectivity index (χ3v) is 2.49. The highest BCUT2D eigenvalue weighted by Crippen LogP contribution is 2.14. The molecule has 1 aromatic heterocycles. The lowest BCUT2D eigenvalue weighted by Gasteiger charge is -2.09. The van der Waals surface area contributed by atoms with Gasteiger partial charge in [0.25, 0.3) is 0 Å². The Morgan fingerprint density at radius 3 is 3.00 bits per heavy atom. The molecule has 0 spiro atoms. The van der Waals surface area contributed by atoms with Crippen LogP contribution in [0.3, 0.4) is 0 Å². The van der Waals surface area contributed by atoms with E-state index in [2.05, 4.69) is 15.3 Å². The Morgan fingerprint density at radius 2 is 2.21 bits per heavy atom. The van der Waals surface area contributed by atoms with Crippen molar-refractivity contribution in [1.82, 2.24) is 9.97 Å². The molecule has 0 radical (unpaired) electrons. The molecule has 0 aliphatic rings. The number of anilines is 2. The van der Waals surface area contributed by atoms with Crippen LogP contribution in [0.25, 0.3) is 0 Å². The normalized spacial score (nSPS) is 10.2. The van der Waals surface area contributed by atoms with Gasteiger partial charge in [0.05, 0.1) is 12.2 Å². The molecule has 0 bridgehead atoms. The van der Waals surface area contributed by atoms with Crippen LogP contribution in [0, 0.1) is 12.7 Å². The highest BCUT2D eigenvalue weighted by molar-refractivity contribution is 5.43. The second-order valence-electron chi connectivity index (χ2n) is 3.97. The monoisotopic (exact) mass is 262 g/mol. The molecule has 0 atom stereocenters. The molecule has 0 unspecified atom stereocenters. The number of nitrogens with one attached hydrogen (secondary N) is 1. The molecule has 0 fully saturated rings. The van der Waals surface area contributed by atoms with Crippen LogP contribution in [0.1, 0.15) is 5.69 Å². The fraction of sp³-hybridized carbons (Fsp3) is 0.231. The number of nitrogens with zero attached hydrogens (tertiary/aromatic N) is 2. The molecule has 6 heteroatoms. The maximum atomic E-state index is 13.6. The van der Waals surface area contributed by atoms with Crippen LogP contribution in [0.15, 0.2) is 30.6 Å². The molecular weight excluding hydrogens is 247 g/mol. The molecule has 0 aliphatic carbocycles. The summed E-state index contributed by atoms with van der Waals surface area (Å²) in [4.78, 5) is 7.58. The lowest BCUT2D eigenvalue weighted by atomic mass is 10.3. The number of nitrogens with two attached hydrogens (primary N) is 1. The van der Waals surface area contributed by atoms with E-state index in [1.165, 1.54) is 6.33 Å². The zero-order chi connectivity index (χ0) is 13.7. The molecule has 100 valence electrons. The van der Waals surface area contributed by atoms with E-state index >= 15 is 0 Å². The lowest BCUT2D eigenvalue weighted by Crippen LogP contribution is -2.14. The summed E-state index contributed by atoms with van der Waals surface area (Å²) >= 11 is 0. The number of ether oxygens (including phenoxy) is 1. The van der Waals surface area contributed by atoms with Gasteiger partial charge in [0.15, 0.2) is 11.6 Å². The molecule has 1 aromatic carbocycles. The van der Waals surface area contributed by atoms with Crippen molar-refractivity contribution in [2.45, 2.75) is 6.92 Å². The van der Waals surface area contributed by atoms with Gasteiger partial charge in [-0.25, -0.2) is 14.4 Å². The number of hydrogen-bond donors (Lipinski definition) is 2. The van der Waals surface area contributed by atoms with Gasteiger partial charge < -0.3 is 15.8 Å². The smallest absolute Gasteiger partial charge is 0.186 e. The summed E-state index contributed by atoms with van der Waals surface area (Å²) in [6.45, 7) is 2.40. The minimum atomic E-state index is -0.438. The van der Waals surface area contributed by atoms with Gasteiger partial charge in [-0.3, -0.25) is 0 Å². The van der Waals surface area contributed by atoms with E-state index in [-0.39, 0.29) is 5.82 Å². The summed E-state index contributed by atoms with van der Waals surface area (Å²) in [5.74, 6) is 0.427. The molecule has 0 amide bonds. The molecule has 19 heavy (non-hydrogen) atoms. The molecule has 0 saturated heterocycles. The Morgan fingerprint density at radius 1 is 1.37 bits per heavy atom. The molecule has 0 aliphatic heterocycles. The fourth-order valence-corrected chi connectivity index (χ4v) is 1.52. The largest absolute Gasteiger partial charge is 0.492 e. The maximum Gasteiger partial charge on any atom is 0.186 e. The van der Waals surface area contributed by atoms with Crippen molar-refractivity contribution in [1.29, 1.82) is 0 Å². The predicted octanol–water partition coefficient (Wildman–Crippen LogP) is 2.00. The van der Waals surface area contributed by atoms with E-state index in [0.29, 0.717) is 30.3 Å². The summed E-state index contributed by atoms with van der Waals surface area (Å²) in [5.41, 5.74) is 6.58. The van der Waals surface area contributed by atoms with Crippen molar-refractivity contribution in [3.05, 3.63) is 42.1 Å². The average Bonchev–Trinajstić information content (AvgIpc) is 2.39. The van der Waals surface area contributed by atoms with Crippen molar-refractivity contribution in [2.24, 2.45) is 0 Å². The van der Waals surface area contributed by atoms with Crippen molar-refractivity contribution in [3.63, 3.8) is 0 Å². The van der Waals surface area contributed by atoms with Crippen LogP contribution < -0.4 is 15.8 Å². The van der Waals surface area contributed by atoms with E-state index in [1.807, 2.05) is 12.1 Å². The van der Waals surface area contributed by atoms with E-state index in [1.54, 1.807) is 19.1 Å². The molecule has 5 nitrogen and oxygen atoms in total. The average molecular weight is 262 g/mol. The quantitative estimate of drug-likeness (QED) is 0.637. The Kier molecular flexibility index (Phi) is 4.12. The summed E-state index contributed by atoms with van der Waals surface area (Å²) in [7, 11) is 0. The topological polar surface area (TPSA) is 73.1 Å². The van der Waals surface area contributed by atoms with Crippen molar-refractivity contribution >= 4 is 11.5 Å². The number of halogens is 1. The molecule has 2 aromatic rings. The van der Waals surface area contributed by atoms with Gasteiger partial charge >= 0.3 is 0 Å². The van der Waals surface area contributed by atoms with Gasteiger partial charge in [-0.05, 0) is 19.1 Å². The standard InChI is InChI=1S/C13H15FN4O/c1-9-12(14)13(18-8-17-9)16-5-6-19-11-4-2-3-10(15)7-11/h2-4,7-8H,5-6,15H2,1H3,(H,16,17,18). The van der Waals surface area contributed by atoms with Crippen LogP contribution in [0.4, 0.5) is 15.9 Å². The summed E-state index contributed by atoms with van der Waals surface area (Å²) < 4.78 is 19.0. The molecule has 0 saturated carbocycles. The van der Waals surface area contributed by atoms with Crippen LogP contribution >= 0.6 is 0 Å². The van der Waals surface area contributed by atoms with E-state index in [0.717, 1.165) is 0 Å². The van der Waals surface area contributed by atoms with Crippen LogP contribution in [-0.4, -0.2) is 23.1 Å². The zero-order valence-electron chi connectivity index (χ0n) is 10.6. The molecule has 3 N–H and O–H groups in total. The van der Waals surface area contributed by atoms with E-state index in [4.69, 9.17) is 10.5 Å². The highest BCUT2D eigenvalue weighted by atomic mass is 19.1. The number of hydrogen-bond acceptors (Lipinski definition) is 5. The van der Waals surface area contributed by atoms with Gasteiger partial charge in [0.1, 0.15) is 18.7 Å². The van der Waals surface area contributed by atoms with Gasteiger partial charge in [-0.2, -0.15) is 0 Å². The van der Waals surface area contributed by atoms with Crippen LogP contribution in [0.2, 0.25) is 0 Å². The number of benzene rings is 1. The Bertz CT molecular complexity index is 562.